The Labute approximate surface area is 171 Å². The smallest absolute Gasteiger partial charge is 0.252 e. The van der Waals surface area contributed by atoms with Gasteiger partial charge in [0.25, 0.3) is 5.91 Å². The molecule has 0 radical (unpaired) electrons. The molecule has 1 amide bonds. The number of hydrogen-bond acceptors (Lipinski definition) is 4. The first kappa shape index (κ1) is 21.7. The summed E-state index contributed by atoms with van der Waals surface area (Å²) >= 11 is 0. The molecular weight excluding hydrogens is 374 g/mol. The molecule has 1 heterocycles. The van der Waals surface area contributed by atoms with Crippen molar-refractivity contribution >= 4 is 18.3 Å². The van der Waals surface area contributed by atoms with Gasteiger partial charge in [0.05, 0.1) is 11.8 Å². The third-order valence-electron chi connectivity index (χ3n) is 4.98. The van der Waals surface area contributed by atoms with Gasteiger partial charge in [0.15, 0.2) is 5.76 Å². The minimum Gasteiger partial charge on any atom is -0.436 e. The molecule has 148 valence electrons. The van der Waals surface area contributed by atoms with E-state index in [0.717, 1.165) is 18.4 Å². The minimum atomic E-state index is -0.395. The number of aromatic nitrogens is 1. The summed E-state index contributed by atoms with van der Waals surface area (Å²) in [4.78, 5) is 17.1. The largest absolute Gasteiger partial charge is 0.436 e. The molecule has 5 nitrogen and oxygen atoms in total. The van der Waals surface area contributed by atoms with Crippen LogP contribution in [-0.4, -0.2) is 23.0 Å². The highest BCUT2D eigenvalue weighted by molar-refractivity contribution is 6.00. The van der Waals surface area contributed by atoms with Gasteiger partial charge in [-0.25, -0.2) is 4.98 Å². The molecule has 0 aliphatic heterocycles. The van der Waals surface area contributed by atoms with E-state index in [1.54, 1.807) is 12.3 Å². The molecule has 0 saturated carbocycles. The molecule has 1 aromatic heterocycles. The Balaban J connectivity index is 0.00000280. The molecule has 6 heteroatoms. The Morgan fingerprint density at radius 2 is 1.71 bits per heavy atom. The van der Waals surface area contributed by atoms with Gasteiger partial charge in [0.2, 0.25) is 5.89 Å². The summed E-state index contributed by atoms with van der Waals surface area (Å²) < 4.78 is 5.92. The Bertz CT molecular complexity index is 905. The molecule has 0 saturated heterocycles. The molecule has 3 N–H and O–H groups in total. The van der Waals surface area contributed by atoms with Crippen LogP contribution in [0.25, 0.3) is 22.8 Å². The molecule has 0 unspecified atom stereocenters. The van der Waals surface area contributed by atoms with Crippen molar-refractivity contribution in [2.45, 2.75) is 32.2 Å². The summed E-state index contributed by atoms with van der Waals surface area (Å²) in [5.74, 6) is 0.908. The molecule has 3 aromatic rings. The van der Waals surface area contributed by atoms with Crippen LogP contribution < -0.4 is 11.1 Å². The van der Waals surface area contributed by atoms with E-state index in [2.05, 4.69) is 10.3 Å². The second-order valence-corrected chi connectivity index (χ2v) is 6.69. The number of hydrogen-bond donors (Lipinski definition) is 2. The van der Waals surface area contributed by atoms with Gasteiger partial charge in [-0.15, -0.1) is 12.4 Å². The first-order chi connectivity index (χ1) is 13.1. The van der Waals surface area contributed by atoms with Crippen molar-refractivity contribution in [1.82, 2.24) is 10.3 Å². The molecule has 0 atom stereocenters. The number of nitrogens with one attached hydrogen (secondary N) is 1. The number of carbonyl (C=O) groups is 1. The van der Waals surface area contributed by atoms with Gasteiger partial charge >= 0.3 is 0 Å². The Kier molecular flexibility index (Phi) is 7.38. The van der Waals surface area contributed by atoms with Crippen LogP contribution in [0.2, 0.25) is 0 Å². The minimum absolute atomic E-state index is 0. The number of halogens is 1. The summed E-state index contributed by atoms with van der Waals surface area (Å²) in [6.07, 6.45) is 3.27. The zero-order chi connectivity index (χ0) is 19.3. The fourth-order valence-corrected chi connectivity index (χ4v) is 2.85. The molecule has 0 aliphatic rings. The van der Waals surface area contributed by atoms with Crippen LogP contribution in [0, 0.1) is 0 Å². The third-order valence-corrected chi connectivity index (χ3v) is 4.98. The van der Waals surface area contributed by atoms with E-state index in [4.69, 9.17) is 10.2 Å². The lowest BCUT2D eigenvalue weighted by Crippen LogP contribution is -2.49. The van der Waals surface area contributed by atoms with Crippen molar-refractivity contribution in [1.29, 1.82) is 0 Å². The normalized spacial score (nSPS) is 11.0. The Morgan fingerprint density at radius 1 is 1.07 bits per heavy atom. The molecular formula is C22H26ClN3O2. The van der Waals surface area contributed by atoms with Gasteiger partial charge in [0, 0.05) is 23.2 Å². The van der Waals surface area contributed by atoms with Crippen LogP contribution in [0.15, 0.2) is 65.2 Å². The molecule has 0 aliphatic carbocycles. The number of benzene rings is 2. The van der Waals surface area contributed by atoms with Gasteiger partial charge in [-0.05, 0) is 25.0 Å². The van der Waals surface area contributed by atoms with Gasteiger partial charge in [-0.3, -0.25) is 4.79 Å². The average molecular weight is 400 g/mol. The second kappa shape index (κ2) is 9.53. The fraction of sp³-hybridized carbons (Fsp3) is 0.273. The first-order valence-electron chi connectivity index (χ1n) is 9.24. The van der Waals surface area contributed by atoms with Crippen molar-refractivity contribution in [2.75, 3.05) is 6.54 Å². The molecule has 0 fully saturated rings. The number of amides is 1. The maximum atomic E-state index is 12.8. The highest BCUT2D eigenvalue weighted by Gasteiger charge is 2.23. The lowest BCUT2D eigenvalue weighted by molar-refractivity contribution is 0.0942. The Morgan fingerprint density at radius 3 is 2.39 bits per heavy atom. The van der Waals surface area contributed by atoms with E-state index in [1.165, 1.54) is 0 Å². The van der Waals surface area contributed by atoms with E-state index in [1.807, 2.05) is 62.4 Å². The van der Waals surface area contributed by atoms with Gasteiger partial charge in [-0.1, -0.05) is 56.3 Å². The van der Waals surface area contributed by atoms with Crippen molar-refractivity contribution in [2.24, 2.45) is 5.73 Å². The topological polar surface area (TPSA) is 81.1 Å². The van der Waals surface area contributed by atoms with E-state index < -0.39 is 5.54 Å². The number of oxazole rings is 1. The van der Waals surface area contributed by atoms with Crippen molar-refractivity contribution in [3.05, 3.63) is 66.4 Å². The Hall–Kier alpha value is -2.63. The predicted octanol–water partition coefficient (Wildman–Crippen LogP) is 4.68. The molecule has 0 spiro atoms. The predicted molar refractivity (Wildman–Crippen MR) is 114 cm³/mol. The summed E-state index contributed by atoms with van der Waals surface area (Å²) in [7, 11) is 0. The number of nitrogens with zero attached hydrogens (tertiary/aromatic N) is 1. The third kappa shape index (κ3) is 4.80. The van der Waals surface area contributed by atoms with Crippen LogP contribution in [0.5, 0.6) is 0 Å². The summed E-state index contributed by atoms with van der Waals surface area (Å²) in [5.41, 5.74) is 8.02. The summed E-state index contributed by atoms with van der Waals surface area (Å²) in [6.45, 7) is 4.48. The summed E-state index contributed by atoms with van der Waals surface area (Å²) in [6, 6.07) is 17.1. The lowest BCUT2D eigenvalue weighted by atomic mass is 9.94. The average Bonchev–Trinajstić information content (AvgIpc) is 3.22. The van der Waals surface area contributed by atoms with E-state index >= 15 is 0 Å². The fourth-order valence-electron chi connectivity index (χ4n) is 2.85. The van der Waals surface area contributed by atoms with Crippen molar-refractivity contribution in [3.63, 3.8) is 0 Å². The molecule has 28 heavy (non-hydrogen) atoms. The highest BCUT2D eigenvalue weighted by Crippen LogP contribution is 2.28. The van der Waals surface area contributed by atoms with Gasteiger partial charge in [0.1, 0.15) is 0 Å². The van der Waals surface area contributed by atoms with Crippen LogP contribution in [0.3, 0.4) is 0 Å². The molecule has 3 rings (SSSR count). The zero-order valence-electron chi connectivity index (χ0n) is 16.1. The quantitative estimate of drug-likeness (QED) is 0.604. The van der Waals surface area contributed by atoms with Crippen molar-refractivity contribution in [3.8, 4) is 22.8 Å². The van der Waals surface area contributed by atoms with Gasteiger partial charge < -0.3 is 15.5 Å². The first-order valence-corrected chi connectivity index (χ1v) is 9.24. The standard InChI is InChI=1S/C22H25N3O2.ClH/c1-3-22(23,4-2)15-25-20(26)17-12-8-9-13-18(17)21-24-14-19(27-21)16-10-6-5-7-11-16;/h5-14H,3-4,15,23H2,1-2H3,(H,25,26);1H. The molecule has 0 bridgehead atoms. The lowest BCUT2D eigenvalue weighted by Gasteiger charge is -2.26. The molecule has 2 aromatic carbocycles. The highest BCUT2D eigenvalue weighted by atomic mass is 35.5. The SMILES string of the molecule is CCC(N)(CC)CNC(=O)c1ccccc1-c1ncc(-c2ccccc2)o1.Cl. The number of carbonyl (C=O) groups excluding carboxylic acids is 1. The zero-order valence-corrected chi connectivity index (χ0v) is 17.0. The maximum absolute atomic E-state index is 12.8. The van der Waals surface area contributed by atoms with Crippen LogP contribution in [0.4, 0.5) is 0 Å². The van der Waals surface area contributed by atoms with E-state index in [0.29, 0.717) is 29.3 Å². The van der Waals surface area contributed by atoms with Crippen LogP contribution >= 0.6 is 12.4 Å². The maximum Gasteiger partial charge on any atom is 0.252 e. The van der Waals surface area contributed by atoms with Gasteiger partial charge in [-0.2, -0.15) is 0 Å². The monoisotopic (exact) mass is 399 g/mol. The summed E-state index contributed by atoms with van der Waals surface area (Å²) in [5, 5.41) is 2.96. The number of rotatable bonds is 7. The van der Waals surface area contributed by atoms with E-state index in [9.17, 15) is 4.79 Å². The van der Waals surface area contributed by atoms with Crippen molar-refractivity contribution < 1.29 is 9.21 Å². The van der Waals surface area contributed by atoms with E-state index in [-0.39, 0.29) is 18.3 Å². The number of nitrogens with two attached hydrogens (primary N) is 1. The van der Waals surface area contributed by atoms with Crippen LogP contribution in [0.1, 0.15) is 37.0 Å². The second-order valence-electron chi connectivity index (χ2n) is 6.69. The van der Waals surface area contributed by atoms with Crippen LogP contribution in [-0.2, 0) is 0 Å².